The Balaban J connectivity index is 1.99. The molecule has 0 amide bonds. The van der Waals surface area contributed by atoms with E-state index >= 15 is 0 Å². The minimum atomic E-state index is 0.459. The molecule has 0 aliphatic heterocycles. The average molecular weight is 324 g/mol. The molecule has 0 saturated heterocycles. The topological polar surface area (TPSA) is 81.2 Å². The number of methoxy groups -OCH3 is 2. The summed E-state index contributed by atoms with van der Waals surface area (Å²) in [4.78, 5) is 4.33. The third-order valence-corrected chi connectivity index (χ3v) is 3.09. The van der Waals surface area contributed by atoms with Crippen LogP contribution in [0.2, 0.25) is 5.02 Å². The van der Waals surface area contributed by atoms with Crippen molar-refractivity contribution in [2.75, 3.05) is 38.0 Å². The van der Waals surface area contributed by atoms with Crippen molar-refractivity contribution < 1.29 is 9.47 Å². The first-order chi connectivity index (χ1) is 10.7. The number of aromatic nitrogens is 3. The maximum absolute atomic E-state index is 6.09. The van der Waals surface area contributed by atoms with E-state index in [1.165, 1.54) is 0 Å². The summed E-state index contributed by atoms with van der Waals surface area (Å²) in [5, 5.41) is 14.6. The second-order valence-corrected chi connectivity index (χ2v) is 4.82. The Morgan fingerprint density at radius 2 is 2.14 bits per heavy atom. The van der Waals surface area contributed by atoms with Gasteiger partial charge in [0.05, 0.1) is 18.3 Å². The molecule has 1 heterocycles. The smallest absolute Gasteiger partial charge is 0.244 e. The largest absolute Gasteiger partial charge is 0.495 e. The fourth-order valence-electron chi connectivity index (χ4n) is 1.75. The standard InChI is InChI=1S/C14H18ClN5O2/c1-21-7-3-6-16-14-19-13(9-17-20-14)18-10-4-5-12(22-2)11(15)8-10/h4-5,8-9H,3,6-7H2,1-2H3,(H2,16,18,19,20). The van der Waals surface area contributed by atoms with E-state index in [0.29, 0.717) is 35.7 Å². The van der Waals surface area contributed by atoms with Crippen molar-refractivity contribution in [2.45, 2.75) is 6.42 Å². The Morgan fingerprint density at radius 1 is 1.27 bits per heavy atom. The van der Waals surface area contributed by atoms with Gasteiger partial charge in [0.1, 0.15) is 5.75 Å². The molecule has 22 heavy (non-hydrogen) atoms. The summed E-state index contributed by atoms with van der Waals surface area (Å²) < 4.78 is 10.1. The number of nitrogens with one attached hydrogen (secondary N) is 2. The number of anilines is 3. The molecule has 0 atom stereocenters. The van der Waals surface area contributed by atoms with E-state index in [1.807, 2.05) is 6.07 Å². The summed E-state index contributed by atoms with van der Waals surface area (Å²) in [6, 6.07) is 5.38. The Hall–Kier alpha value is -2.12. The van der Waals surface area contributed by atoms with Gasteiger partial charge in [-0.3, -0.25) is 0 Å². The van der Waals surface area contributed by atoms with Crippen LogP contribution >= 0.6 is 11.6 Å². The van der Waals surface area contributed by atoms with Crippen LogP contribution in [0.4, 0.5) is 17.5 Å². The van der Waals surface area contributed by atoms with Gasteiger partial charge in [0.15, 0.2) is 5.82 Å². The van der Waals surface area contributed by atoms with Gasteiger partial charge in [0, 0.05) is 25.9 Å². The van der Waals surface area contributed by atoms with Gasteiger partial charge in [-0.1, -0.05) is 11.6 Å². The molecule has 0 radical (unpaired) electrons. The fourth-order valence-corrected chi connectivity index (χ4v) is 2.01. The SMILES string of the molecule is COCCCNc1nncc(Nc2ccc(OC)c(Cl)c2)n1. The van der Waals surface area contributed by atoms with Gasteiger partial charge in [-0.25, -0.2) is 0 Å². The Labute approximate surface area is 134 Å². The highest BCUT2D eigenvalue weighted by atomic mass is 35.5. The van der Waals surface area contributed by atoms with Crippen LogP contribution in [0.5, 0.6) is 5.75 Å². The van der Waals surface area contributed by atoms with Crippen molar-refractivity contribution in [3.8, 4) is 5.75 Å². The van der Waals surface area contributed by atoms with Gasteiger partial charge < -0.3 is 20.1 Å². The molecule has 2 aromatic rings. The zero-order chi connectivity index (χ0) is 15.8. The highest BCUT2D eigenvalue weighted by molar-refractivity contribution is 6.32. The molecule has 2 N–H and O–H groups in total. The maximum atomic E-state index is 6.09. The molecule has 2 rings (SSSR count). The third kappa shape index (κ3) is 4.71. The quantitative estimate of drug-likeness (QED) is 0.723. The molecule has 1 aromatic heterocycles. The zero-order valence-electron chi connectivity index (χ0n) is 12.5. The van der Waals surface area contributed by atoms with Crippen LogP contribution in [-0.4, -0.2) is 42.6 Å². The molecule has 1 aromatic carbocycles. The summed E-state index contributed by atoms with van der Waals surface area (Å²) in [5.41, 5.74) is 0.789. The third-order valence-electron chi connectivity index (χ3n) is 2.79. The Kier molecular flexibility index (Phi) is 6.17. The molecule has 118 valence electrons. The highest BCUT2D eigenvalue weighted by Gasteiger charge is 2.04. The highest BCUT2D eigenvalue weighted by Crippen LogP contribution is 2.28. The van der Waals surface area contributed by atoms with Crippen LogP contribution in [-0.2, 0) is 4.74 Å². The van der Waals surface area contributed by atoms with E-state index in [1.54, 1.807) is 32.5 Å². The first-order valence-corrected chi connectivity index (χ1v) is 7.14. The lowest BCUT2D eigenvalue weighted by Gasteiger charge is -2.09. The molecular weight excluding hydrogens is 306 g/mol. The first kappa shape index (κ1) is 16.3. The maximum Gasteiger partial charge on any atom is 0.244 e. The van der Waals surface area contributed by atoms with Crippen molar-refractivity contribution in [2.24, 2.45) is 0 Å². The van der Waals surface area contributed by atoms with Gasteiger partial charge in [-0.05, 0) is 24.6 Å². The van der Waals surface area contributed by atoms with Crippen LogP contribution in [0.3, 0.4) is 0 Å². The molecule has 8 heteroatoms. The van der Waals surface area contributed by atoms with Crippen LogP contribution in [0.1, 0.15) is 6.42 Å². The van der Waals surface area contributed by atoms with Crippen molar-refractivity contribution in [3.05, 3.63) is 29.4 Å². The van der Waals surface area contributed by atoms with Crippen molar-refractivity contribution in [1.29, 1.82) is 0 Å². The summed E-state index contributed by atoms with van der Waals surface area (Å²) >= 11 is 6.09. The monoisotopic (exact) mass is 323 g/mol. The molecule has 0 unspecified atom stereocenters. The van der Waals surface area contributed by atoms with Gasteiger partial charge in [0.25, 0.3) is 0 Å². The van der Waals surface area contributed by atoms with E-state index in [-0.39, 0.29) is 0 Å². The number of halogens is 1. The summed E-state index contributed by atoms with van der Waals surface area (Å²) in [5.74, 6) is 1.65. The lowest BCUT2D eigenvalue weighted by atomic mass is 10.3. The molecule has 7 nitrogen and oxygen atoms in total. The molecule has 0 aliphatic rings. The van der Waals surface area contributed by atoms with Gasteiger partial charge in [-0.15, -0.1) is 5.10 Å². The number of rotatable bonds is 8. The van der Waals surface area contributed by atoms with Crippen LogP contribution < -0.4 is 15.4 Å². The minimum absolute atomic E-state index is 0.459. The zero-order valence-corrected chi connectivity index (χ0v) is 13.2. The summed E-state index contributed by atoms with van der Waals surface area (Å²) in [6.07, 6.45) is 2.41. The van der Waals surface area contributed by atoms with E-state index in [2.05, 4.69) is 25.8 Å². The van der Waals surface area contributed by atoms with E-state index in [9.17, 15) is 0 Å². The number of hydrogen-bond donors (Lipinski definition) is 2. The predicted molar refractivity (Wildman–Crippen MR) is 86.1 cm³/mol. The van der Waals surface area contributed by atoms with Crippen LogP contribution in [0.15, 0.2) is 24.4 Å². The van der Waals surface area contributed by atoms with Crippen molar-refractivity contribution in [1.82, 2.24) is 15.2 Å². The van der Waals surface area contributed by atoms with Crippen molar-refractivity contribution >= 4 is 29.1 Å². The molecule has 0 bridgehead atoms. The van der Waals surface area contributed by atoms with Gasteiger partial charge in [0.2, 0.25) is 5.95 Å². The average Bonchev–Trinajstić information content (AvgIpc) is 2.52. The molecule has 0 saturated carbocycles. The second-order valence-electron chi connectivity index (χ2n) is 4.41. The molecule has 0 spiro atoms. The van der Waals surface area contributed by atoms with Crippen LogP contribution in [0, 0.1) is 0 Å². The van der Waals surface area contributed by atoms with E-state index in [4.69, 9.17) is 21.1 Å². The first-order valence-electron chi connectivity index (χ1n) is 6.76. The van der Waals surface area contributed by atoms with Crippen LogP contribution in [0.25, 0.3) is 0 Å². The number of ether oxygens (including phenoxy) is 2. The van der Waals surface area contributed by atoms with E-state index in [0.717, 1.165) is 12.1 Å². The Bertz CT molecular complexity index is 612. The van der Waals surface area contributed by atoms with E-state index < -0.39 is 0 Å². The second kappa shape index (κ2) is 8.35. The number of benzene rings is 1. The molecular formula is C14H18ClN5O2. The van der Waals surface area contributed by atoms with Crippen molar-refractivity contribution in [3.63, 3.8) is 0 Å². The normalized spacial score (nSPS) is 10.3. The molecule has 0 fully saturated rings. The van der Waals surface area contributed by atoms with Gasteiger partial charge >= 0.3 is 0 Å². The fraction of sp³-hybridized carbons (Fsp3) is 0.357. The number of nitrogens with zero attached hydrogens (tertiary/aromatic N) is 3. The predicted octanol–water partition coefficient (Wildman–Crippen LogP) is 2.73. The lowest BCUT2D eigenvalue weighted by Crippen LogP contribution is -2.09. The van der Waals surface area contributed by atoms with Gasteiger partial charge in [-0.2, -0.15) is 10.1 Å². The number of hydrogen-bond acceptors (Lipinski definition) is 7. The minimum Gasteiger partial charge on any atom is -0.495 e. The molecule has 0 aliphatic carbocycles. The Morgan fingerprint density at radius 3 is 2.86 bits per heavy atom. The lowest BCUT2D eigenvalue weighted by molar-refractivity contribution is 0.197. The summed E-state index contributed by atoms with van der Waals surface area (Å²) in [6.45, 7) is 1.40. The summed E-state index contributed by atoms with van der Waals surface area (Å²) in [7, 11) is 3.24.